The first-order chi connectivity index (χ1) is 11.3. The summed E-state index contributed by atoms with van der Waals surface area (Å²) in [6.07, 6.45) is 0.266. The Hall–Kier alpha value is -0.0500. The average Bonchev–Trinajstić information content (AvgIpc) is 2.55. The molecule has 2 aromatic carbocycles. The Morgan fingerprint density at radius 3 is 2.38 bits per heavy atom. The molecule has 2 aromatic rings. The van der Waals surface area contributed by atoms with Gasteiger partial charge in [0.1, 0.15) is 17.5 Å². The molecular formula is C15H11ClI3NO4. The summed E-state index contributed by atoms with van der Waals surface area (Å²) >= 11 is 12.0. The fourth-order valence-electron chi connectivity index (χ4n) is 1.89. The molecule has 0 saturated heterocycles. The highest BCUT2D eigenvalue weighted by molar-refractivity contribution is 14.1. The molecule has 3 N–H and O–H groups in total. The second-order valence-corrected chi connectivity index (χ2v) is 8.31. The molecule has 0 bridgehead atoms. The predicted molar refractivity (Wildman–Crippen MR) is 117 cm³/mol. The number of rotatable bonds is 6. The van der Waals surface area contributed by atoms with Gasteiger partial charge in [0, 0.05) is 9.99 Å². The molecule has 1 unspecified atom stereocenters. The van der Waals surface area contributed by atoms with E-state index in [4.69, 9.17) is 21.6 Å². The minimum atomic E-state index is -1.00. The van der Waals surface area contributed by atoms with E-state index in [1.165, 1.54) is 0 Å². The number of halogens is 4. The van der Waals surface area contributed by atoms with Gasteiger partial charge in [-0.3, -0.25) is 4.79 Å². The maximum absolute atomic E-state index is 11.2. The van der Waals surface area contributed by atoms with E-state index in [1.54, 1.807) is 24.3 Å². The highest BCUT2D eigenvalue weighted by Gasteiger charge is 2.22. The number of carboxylic acid groups (broad SMARTS) is 1. The average molecular weight is 685 g/mol. The summed E-state index contributed by atoms with van der Waals surface area (Å²) < 4.78 is 8.59. The number of ether oxygens (including phenoxy) is 1. The number of hydrogen-bond acceptors (Lipinski definition) is 4. The normalized spacial score (nSPS) is 12.0. The maximum Gasteiger partial charge on any atom is 0.322 e. The van der Waals surface area contributed by atoms with Crippen molar-refractivity contribution < 1.29 is 19.7 Å². The summed E-state index contributed by atoms with van der Waals surface area (Å²) in [6.45, 7) is 0. The fraction of sp³-hybridized carbons (Fsp3) is 0.133. The van der Waals surface area contributed by atoms with Crippen LogP contribution in [0.2, 0.25) is 0 Å². The van der Waals surface area contributed by atoms with E-state index < -0.39 is 12.0 Å². The lowest BCUT2D eigenvalue weighted by atomic mass is 10.1. The summed E-state index contributed by atoms with van der Waals surface area (Å²) in [5.41, 5.74) is 0.878. The Morgan fingerprint density at radius 1 is 1.21 bits per heavy atom. The Bertz CT molecular complexity index is 755. The van der Waals surface area contributed by atoms with Gasteiger partial charge in [0.25, 0.3) is 0 Å². The lowest BCUT2D eigenvalue weighted by molar-refractivity contribution is -0.138. The molecule has 0 aliphatic heterocycles. The lowest BCUT2D eigenvalue weighted by Crippen LogP contribution is -2.33. The van der Waals surface area contributed by atoms with Gasteiger partial charge < -0.3 is 14.9 Å². The van der Waals surface area contributed by atoms with Gasteiger partial charge in [-0.1, -0.05) is 0 Å². The number of benzene rings is 2. The number of phenolic OH excluding ortho intramolecular Hbond substituents is 1. The number of nitrogens with one attached hydrogen (secondary N) is 1. The van der Waals surface area contributed by atoms with Crippen LogP contribution in [0.25, 0.3) is 0 Å². The van der Waals surface area contributed by atoms with Crippen LogP contribution in [0.5, 0.6) is 17.2 Å². The Morgan fingerprint density at radius 2 is 1.83 bits per heavy atom. The lowest BCUT2D eigenvalue weighted by Gasteiger charge is -2.16. The molecule has 0 spiro atoms. The van der Waals surface area contributed by atoms with Gasteiger partial charge in [0.05, 0.1) is 7.14 Å². The summed E-state index contributed by atoms with van der Waals surface area (Å²) in [7, 11) is 0. The molecular weight excluding hydrogens is 674 g/mol. The van der Waals surface area contributed by atoms with E-state index in [0.29, 0.717) is 11.5 Å². The molecule has 1 atom stereocenters. The van der Waals surface area contributed by atoms with Crippen LogP contribution in [0, 0.1) is 10.7 Å². The SMILES string of the molecule is O=C(O)C(Cc1cc(I)c(Oc2ccc(O)cc2)c(I)c1I)NCl. The van der Waals surface area contributed by atoms with Crippen LogP contribution in [0.15, 0.2) is 30.3 Å². The third-order valence-electron chi connectivity index (χ3n) is 3.10. The first-order valence-corrected chi connectivity index (χ1v) is 10.2. The van der Waals surface area contributed by atoms with Crippen LogP contribution in [0.3, 0.4) is 0 Å². The zero-order valence-corrected chi connectivity index (χ0v) is 19.1. The van der Waals surface area contributed by atoms with E-state index in [9.17, 15) is 9.90 Å². The minimum absolute atomic E-state index is 0.171. The number of carboxylic acids is 1. The van der Waals surface area contributed by atoms with E-state index >= 15 is 0 Å². The highest BCUT2D eigenvalue weighted by Crippen LogP contribution is 2.37. The minimum Gasteiger partial charge on any atom is -0.508 e. The summed E-state index contributed by atoms with van der Waals surface area (Å²) in [5, 5.41) is 18.5. The Labute approximate surface area is 184 Å². The fourth-order valence-corrected chi connectivity index (χ4v) is 4.70. The third-order valence-corrected chi connectivity index (χ3v) is 7.46. The number of aromatic hydroxyl groups is 1. The first-order valence-electron chi connectivity index (χ1n) is 6.55. The number of aliphatic carboxylic acids is 1. The molecule has 2 rings (SSSR count). The van der Waals surface area contributed by atoms with Crippen molar-refractivity contribution in [1.29, 1.82) is 0 Å². The smallest absolute Gasteiger partial charge is 0.322 e. The molecule has 0 aliphatic rings. The first kappa shape index (κ1) is 20.3. The van der Waals surface area contributed by atoms with E-state index in [2.05, 4.69) is 72.6 Å². The van der Waals surface area contributed by atoms with Gasteiger partial charge in [0.2, 0.25) is 0 Å². The monoisotopic (exact) mass is 685 g/mol. The van der Waals surface area contributed by atoms with Gasteiger partial charge in [-0.2, -0.15) is 0 Å². The molecule has 0 aliphatic carbocycles. The van der Waals surface area contributed by atoms with Crippen molar-refractivity contribution in [2.75, 3.05) is 0 Å². The quantitative estimate of drug-likeness (QED) is 0.233. The van der Waals surface area contributed by atoms with Crippen molar-refractivity contribution in [2.24, 2.45) is 0 Å². The highest BCUT2D eigenvalue weighted by atomic mass is 127. The van der Waals surface area contributed by atoms with Crippen LogP contribution in [-0.4, -0.2) is 22.2 Å². The number of phenols is 1. The Kier molecular flexibility index (Phi) is 7.64. The summed E-state index contributed by atoms with van der Waals surface area (Å²) in [5.74, 6) is 0.471. The van der Waals surface area contributed by atoms with Gasteiger partial charge in [0.15, 0.2) is 5.75 Å². The van der Waals surface area contributed by atoms with E-state index in [0.717, 1.165) is 16.3 Å². The zero-order chi connectivity index (χ0) is 17.9. The largest absolute Gasteiger partial charge is 0.508 e. The molecule has 0 fully saturated rings. The summed E-state index contributed by atoms with van der Waals surface area (Å²) in [4.78, 5) is 13.4. The summed E-state index contributed by atoms with van der Waals surface area (Å²) in [6, 6.07) is 7.50. The topological polar surface area (TPSA) is 78.8 Å². The van der Waals surface area contributed by atoms with Crippen molar-refractivity contribution in [2.45, 2.75) is 12.5 Å². The van der Waals surface area contributed by atoms with Crippen LogP contribution >= 0.6 is 79.5 Å². The maximum atomic E-state index is 11.2. The molecule has 0 aromatic heterocycles. The molecule has 0 radical (unpaired) electrons. The second kappa shape index (κ2) is 9.05. The van der Waals surface area contributed by atoms with Gasteiger partial charge >= 0.3 is 5.97 Å². The molecule has 128 valence electrons. The third kappa shape index (κ3) is 4.99. The molecule has 9 heteroatoms. The van der Waals surface area contributed by atoms with Gasteiger partial charge in [-0.15, -0.1) is 0 Å². The van der Waals surface area contributed by atoms with E-state index in [1.807, 2.05) is 6.07 Å². The van der Waals surface area contributed by atoms with Crippen molar-refractivity contribution in [3.05, 3.63) is 46.6 Å². The standard InChI is InChI=1S/C15H11ClI3NO4/c16-20-11(15(22)23)6-7-5-10(17)14(13(19)12(7)18)24-9-3-1-8(21)2-4-9/h1-5,11,20-21H,6H2,(H,22,23). The van der Waals surface area contributed by atoms with Crippen molar-refractivity contribution in [3.63, 3.8) is 0 Å². The zero-order valence-electron chi connectivity index (χ0n) is 11.9. The molecule has 5 nitrogen and oxygen atoms in total. The van der Waals surface area contributed by atoms with Crippen LogP contribution < -0.4 is 9.57 Å². The molecule has 0 heterocycles. The molecule has 24 heavy (non-hydrogen) atoms. The second-order valence-electron chi connectivity index (χ2n) is 4.77. The van der Waals surface area contributed by atoms with Crippen LogP contribution in [-0.2, 0) is 11.2 Å². The van der Waals surface area contributed by atoms with Crippen molar-refractivity contribution in [1.82, 2.24) is 4.84 Å². The predicted octanol–water partition coefficient (Wildman–Crippen LogP) is 4.74. The number of carbonyl (C=O) groups is 1. The molecule has 0 saturated carbocycles. The Balaban J connectivity index is 2.33. The van der Waals surface area contributed by atoms with Crippen molar-refractivity contribution >= 4 is 85.5 Å². The van der Waals surface area contributed by atoms with Crippen LogP contribution in [0.4, 0.5) is 0 Å². The van der Waals surface area contributed by atoms with Crippen LogP contribution in [0.1, 0.15) is 5.56 Å². The van der Waals surface area contributed by atoms with Crippen molar-refractivity contribution in [3.8, 4) is 17.2 Å². The van der Waals surface area contributed by atoms with Gasteiger partial charge in [-0.05, 0) is 115 Å². The number of hydrogen-bond donors (Lipinski definition) is 3. The van der Waals surface area contributed by atoms with E-state index in [-0.39, 0.29) is 12.2 Å². The van der Waals surface area contributed by atoms with Gasteiger partial charge in [-0.25, -0.2) is 4.84 Å². The molecule has 0 amide bonds.